The van der Waals surface area contributed by atoms with Crippen LogP contribution in [-0.2, 0) is 19.1 Å². The summed E-state index contributed by atoms with van der Waals surface area (Å²) in [7, 11) is 1.55. The molecule has 0 aliphatic carbocycles. The van der Waals surface area contributed by atoms with Crippen molar-refractivity contribution < 1.29 is 29.0 Å². The molecule has 1 saturated heterocycles. The Morgan fingerprint density at radius 3 is 2.33 bits per heavy atom. The van der Waals surface area contributed by atoms with Crippen molar-refractivity contribution in [1.82, 2.24) is 4.90 Å². The molecule has 3 unspecified atom stereocenters. The zero-order valence-corrected chi connectivity index (χ0v) is 16.2. The number of carbonyl (C=O) groups excluding carboxylic acids is 2. The van der Waals surface area contributed by atoms with Gasteiger partial charge in [0.1, 0.15) is 11.8 Å². The fourth-order valence-corrected chi connectivity index (χ4v) is 3.54. The third kappa shape index (κ3) is 4.59. The number of amides is 1. The van der Waals surface area contributed by atoms with Crippen molar-refractivity contribution in [3.8, 4) is 5.75 Å². The van der Waals surface area contributed by atoms with Crippen molar-refractivity contribution in [3.05, 3.63) is 29.8 Å². The van der Waals surface area contributed by atoms with Crippen molar-refractivity contribution >= 4 is 17.8 Å². The second-order valence-corrected chi connectivity index (χ2v) is 7.07. The Labute approximate surface area is 159 Å². The number of carboxylic acids is 1. The Kier molecular flexibility index (Phi) is 6.82. The first-order chi connectivity index (χ1) is 12.8. The first-order valence-corrected chi connectivity index (χ1v) is 9.14. The monoisotopic (exact) mass is 377 g/mol. The van der Waals surface area contributed by atoms with E-state index in [2.05, 4.69) is 0 Å². The van der Waals surface area contributed by atoms with Crippen LogP contribution in [0.15, 0.2) is 24.3 Å². The van der Waals surface area contributed by atoms with E-state index in [4.69, 9.17) is 9.47 Å². The number of methoxy groups -OCH3 is 1. The van der Waals surface area contributed by atoms with E-state index in [0.29, 0.717) is 11.3 Å². The van der Waals surface area contributed by atoms with Gasteiger partial charge in [0, 0.05) is 6.42 Å². The highest BCUT2D eigenvalue weighted by Crippen LogP contribution is 2.43. The van der Waals surface area contributed by atoms with Crippen molar-refractivity contribution in [2.24, 2.45) is 11.8 Å². The number of rotatable bonds is 7. The highest BCUT2D eigenvalue weighted by atomic mass is 16.5. The van der Waals surface area contributed by atoms with Crippen LogP contribution in [0.4, 0.5) is 0 Å². The molecule has 1 fully saturated rings. The van der Waals surface area contributed by atoms with E-state index < -0.39 is 29.9 Å². The van der Waals surface area contributed by atoms with Crippen LogP contribution in [0.25, 0.3) is 0 Å². The maximum Gasteiger partial charge on any atom is 0.326 e. The molecular weight excluding hydrogens is 350 g/mol. The van der Waals surface area contributed by atoms with Crippen LogP contribution in [0, 0.1) is 11.8 Å². The van der Waals surface area contributed by atoms with E-state index >= 15 is 0 Å². The summed E-state index contributed by atoms with van der Waals surface area (Å²) in [6.45, 7) is 5.69. The quantitative estimate of drug-likeness (QED) is 0.734. The first kappa shape index (κ1) is 20.7. The third-order valence-corrected chi connectivity index (χ3v) is 4.70. The molecule has 0 saturated carbocycles. The molecule has 148 valence electrons. The standard InChI is InChI=1S/C20H27NO6/c1-5-27-20(25)15-11-16(19(23)24)21(17(22)10-12(2)3)18(15)13-6-8-14(26-4)9-7-13/h6-9,12,15-16,18H,5,10-11H2,1-4H3,(H,23,24). The summed E-state index contributed by atoms with van der Waals surface area (Å²) < 4.78 is 10.3. The molecule has 1 aliphatic rings. The van der Waals surface area contributed by atoms with Crippen LogP contribution in [0.5, 0.6) is 5.75 Å². The molecule has 27 heavy (non-hydrogen) atoms. The minimum atomic E-state index is -1.11. The number of hydrogen-bond donors (Lipinski definition) is 1. The normalized spacial score (nSPS) is 22.0. The number of aliphatic carboxylic acids is 1. The van der Waals surface area contributed by atoms with Gasteiger partial charge in [0.2, 0.25) is 5.91 Å². The van der Waals surface area contributed by atoms with E-state index in [1.54, 1.807) is 38.3 Å². The summed E-state index contributed by atoms with van der Waals surface area (Å²) in [6.07, 6.45) is 0.251. The number of benzene rings is 1. The van der Waals surface area contributed by atoms with Crippen molar-refractivity contribution in [2.75, 3.05) is 13.7 Å². The van der Waals surface area contributed by atoms with E-state index in [1.165, 1.54) is 4.90 Å². The van der Waals surface area contributed by atoms with Gasteiger partial charge in [0.25, 0.3) is 0 Å². The van der Waals surface area contributed by atoms with Gasteiger partial charge in [0.05, 0.1) is 25.7 Å². The molecule has 1 N–H and O–H groups in total. The number of likely N-dealkylation sites (tertiary alicyclic amines) is 1. The van der Waals surface area contributed by atoms with Gasteiger partial charge in [-0.15, -0.1) is 0 Å². The zero-order chi connectivity index (χ0) is 20.1. The van der Waals surface area contributed by atoms with Gasteiger partial charge < -0.3 is 19.5 Å². The maximum absolute atomic E-state index is 12.9. The van der Waals surface area contributed by atoms with E-state index in [9.17, 15) is 19.5 Å². The fourth-order valence-electron chi connectivity index (χ4n) is 3.54. The SMILES string of the molecule is CCOC(=O)C1CC(C(=O)O)N(C(=O)CC(C)C)C1c1ccc(OC)cc1. The Bertz CT molecular complexity index is 684. The lowest BCUT2D eigenvalue weighted by atomic mass is 9.93. The number of hydrogen-bond acceptors (Lipinski definition) is 5. The molecule has 1 aliphatic heterocycles. The second-order valence-electron chi connectivity index (χ2n) is 7.07. The Balaban J connectivity index is 2.49. The number of carbonyl (C=O) groups is 3. The number of nitrogens with zero attached hydrogens (tertiary/aromatic N) is 1. The molecule has 0 spiro atoms. The van der Waals surface area contributed by atoms with Crippen molar-refractivity contribution in [3.63, 3.8) is 0 Å². The minimum Gasteiger partial charge on any atom is -0.497 e. The van der Waals surface area contributed by atoms with Crippen LogP contribution in [-0.4, -0.2) is 47.6 Å². The van der Waals surface area contributed by atoms with Gasteiger partial charge in [-0.25, -0.2) is 4.79 Å². The van der Waals surface area contributed by atoms with E-state index in [-0.39, 0.29) is 31.3 Å². The lowest BCUT2D eigenvalue weighted by Crippen LogP contribution is -2.42. The molecule has 1 aromatic carbocycles. The largest absolute Gasteiger partial charge is 0.497 e. The predicted octanol–water partition coefficient (Wildman–Crippen LogP) is 2.65. The molecule has 3 atom stereocenters. The van der Waals surface area contributed by atoms with Gasteiger partial charge in [-0.05, 0) is 37.0 Å². The van der Waals surface area contributed by atoms with Gasteiger partial charge in [0.15, 0.2) is 0 Å². The maximum atomic E-state index is 12.9. The van der Waals surface area contributed by atoms with E-state index in [0.717, 1.165) is 0 Å². The van der Waals surface area contributed by atoms with Gasteiger partial charge in [-0.2, -0.15) is 0 Å². The molecule has 0 aromatic heterocycles. The Hall–Kier alpha value is -2.57. The summed E-state index contributed by atoms with van der Waals surface area (Å²) in [4.78, 5) is 38.6. The molecule has 7 heteroatoms. The summed E-state index contributed by atoms with van der Waals surface area (Å²) in [6, 6.07) is 5.25. The van der Waals surface area contributed by atoms with Crippen LogP contribution in [0.1, 0.15) is 45.2 Å². The fraction of sp³-hybridized carbons (Fsp3) is 0.550. The van der Waals surface area contributed by atoms with Crippen LogP contribution in [0.3, 0.4) is 0 Å². The average molecular weight is 377 g/mol. The number of ether oxygens (including phenoxy) is 2. The molecule has 1 heterocycles. The summed E-state index contributed by atoms with van der Waals surface area (Å²) in [5, 5.41) is 9.68. The summed E-state index contributed by atoms with van der Waals surface area (Å²) >= 11 is 0. The topological polar surface area (TPSA) is 93.1 Å². The minimum absolute atomic E-state index is 0.0364. The molecule has 1 amide bonds. The predicted molar refractivity (Wildman–Crippen MR) is 98.2 cm³/mol. The summed E-state index contributed by atoms with van der Waals surface area (Å²) in [5.41, 5.74) is 0.690. The third-order valence-electron chi connectivity index (χ3n) is 4.70. The van der Waals surface area contributed by atoms with Gasteiger partial charge in [-0.3, -0.25) is 9.59 Å². The summed E-state index contributed by atoms with van der Waals surface area (Å²) in [5.74, 6) is -1.88. The molecule has 7 nitrogen and oxygen atoms in total. The van der Waals surface area contributed by atoms with Crippen LogP contribution >= 0.6 is 0 Å². The smallest absolute Gasteiger partial charge is 0.326 e. The molecule has 1 aromatic rings. The average Bonchev–Trinajstić information content (AvgIpc) is 3.02. The van der Waals surface area contributed by atoms with Gasteiger partial charge >= 0.3 is 11.9 Å². The second kappa shape index (κ2) is 8.88. The highest BCUT2D eigenvalue weighted by Gasteiger charge is 2.51. The van der Waals surface area contributed by atoms with Crippen molar-refractivity contribution in [1.29, 1.82) is 0 Å². The Morgan fingerprint density at radius 1 is 1.22 bits per heavy atom. The number of esters is 1. The first-order valence-electron chi connectivity index (χ1n) is 9.14. The van der Waals surface area contributed by atoms with Crippen LogP contribution in [0.2, 0.25) is 0 Å². The molecule has 0 radical (unpaired) electrons. The van der Waals surface area contributed by atoms with Gasteiger partial charge in [-0.1, -0.05) is 26.0 Å². The number of carboxylic acid groups (broad SMARTS) is 1. The highest BCUT2D eigenvalue weighted by molar-refractivity contribution is 5.87. The lowest BCUT2D eigenvalue weighted by Gasteiger charge is -2.31. The molecular formula is C20H27NO6. The lowest BCUT2D eigenvalue weighted by molar-refractivity contribution is -0.151. The van der Waals surface area contributed by atoms with Crippen molar-refractivity contribution in [2.45, 2.75) is 45.7 Å². The zero-order valence-electron chi connectivity index (χ0n) is 16.2. The molecule has 0 bridgehead atoms. The van der Waals surface area contributed by atoms with Crippen LogP contribution < -0.4 is 4.74 Å². The molecule has 2 rings (SSSR count). The Morgan fingerprint density at radius 2 is 1.85 bits per heavy atom. The van der Waals surface area contributed by atoms with E-state index in [1.807, 2.05) is 13.8 Å².